The lowest BCUT2D eigenvalue weighted by Gasteiger charge is -2.08. The molecule has 5 heteroatoms. The molecule has 0 saturated heterocycles. The topological polar surface area (TPSA) is 63.2 Å². The van der Waals surface area contributed by atoms with Crippen LogP contribution in [-0.2, 0) is 19.3 Å². The van der Waals surface area contributed by atoms with E-state index in [9.17, 15) is 13.8 Å². The standard InChI is InChI=1S/C9H11NO2S.C7H14O/c1-8(11)10-13(2,12)9-6-4-3-5-7-9;1-6(2)4-5-7(3)8/h3-7H,2H2,1H3,(H,10,11,12);6H,4-5H2,1-3H3. The first kappa shape index (κ1) is 19.4. The van der Waals surface area contributed by atoms with Crippen LogP contribution in [0, 0.1) is 5.92 Å². The van der Waals surface area contributed by atoms with Crippen molar-refractivity contribution in [3.8, 4) is 0 Å². The third-order valence-electron chi connectivity index (χ3n) is 2.51. The van der Waals surface area contributed by atoms with Gasteiger partial charge in [-0.15, -0.1) is 0 Å². The molecule has 0 saturated carbocycles. The summed E-state index contributed by atoms with van der Waals surface area (Å²) in [6.45, 7) is 7.21. The molecule has 0 heterocycles. The van der Waals surface area contributed by atoms with Gasteiger partial charge in [0.15, 0.2) is 0 Å². The fourth-order valence-electron chi connectivity index (χ4n) is 1.42. The lowest BCUT2D eigenvalue weighted by Crippen LogP contribution is -2.27. The molecule has 1 unspecified atom stereocenters. The van der Waals surface area contributed by atoms with Gasteiger partial charge in [-0.3, -0.25) is 9.52 Å². The number of benzene rings is 1. The quantitative estimate of drug-likeness (QED) is 0.851. The Bertz CT molecular complexity index is 548. The third-order valence-corrected chi connectivity index (χ3v) is 4.16. The minimum absolute atomic E-state index is 0.304. The summed E-state index contributed by atoms with van der Waals surface area (Å²) in [7, 11) is -2.66. The molecule has 0 bridgehead atoms. The Morgan fingerprint density at radius 1 is 1.19 bits per heavy atom. The van der Waals surface area contributed by atoms with Crippen LogP contribution in [0.1, 0.15) is 40.5 Å². The predicted octanol–water partition coefficient (Wildman–Crippen LogP) is 2.82. The van der Waals surface area contributed by atoms with Crippen LogP contribution in [-0.4, -0.2) is 21.8 Å². The first-order valence-corrected chi connectivity index (χ1v) is 8.58. The molecule has 1 N–H and O–H groups in total. The summed E-state index contributed by atoms with van der Waals surface area (Å²) in [5.74, 6) is 4.10. The second-order valence-corrected chi connectivity index (χ2v) is 7.31. The summed E-state index contributed by atoms with van der Waals surface area (Å²) in [6.07, 6.45) is 1.78. The van der Waals surface area contributed by atoms with E-state index in [2.05, 4.69) is 24.4 Å². The maximum atomic E-state index is 11.8. The van der Waals surface area contributed by atoms with Crippen LogP contribution in [0.2, 0.25) is 0 Å². The highest BCUT2D eigenvalue weighted by Gasteiger charge is 2.06. The monoisotopic (exact) mass is 311 g/mol. The largest absolute Gasteiger partial charge is 0.300 e. The number of hydrogen-bond donors (Lipinski definition) is 1. The number of amides is 1. The highest BCUT2D eigenvalue weighted by molar-refractivity contribution is 7.99. The molecule has 0 aliphatic rings. The van der Waals surface area contributed by atoms with Crippen LogP contribution in [0.25, 0.3) is 0 Å². The molecule has 4 nitrogen and oxygen atoms in total. The predicted molar refractivity (Wildman–Crippen MR) is 88.5 cm³/mol. The number of carbonyl (C=O) groups excluding carboxylic acids is 2. The van der Waals surface area contributed by atoms with E-state index in [1.807, 2.05) is 6.07 Å². The maximum absolute atomic E-state index is 11.8. The van der Waals surface area contributed by atoms with E-state index in [0.717, 1.165) is 12.8 Å². The average Bonchev–Trinajstić information content (AvgIpc) is 2.37. The molecular formula is C16H25NO3S. The molecule has 0 radical (unpaired) electrons. The number of ketones is 1. The van der Waals surface area contributed by atoms with Gasteiger partial charge in [0.05, 0.1) is 9.71 Å². The van der Waals surface area contributed by atoms with Crippen molar-refractivity contribution in [1.82, 2.24) is 4.72 Å². The fourth-order valence-corrected chi connectivity index (χ4v) is 2.60. The van der Waals surface area contributed by atoms with Crippen LogP contribution in [0.3, 0.4) is 0 Å². The fraction of sp³-hybridized carbons (Fsp3) is 0.438. The zero-order chi connectivity index (χ0) is 16.5. The highest BCUT2D eigenvalue weighted by Crippen LogP contribution is 2.06. The Kier molecular flexibility index (Phi) is 8.62. The van der Waals surface area contributed by atoms with Gasteiger partial charge in [0.2, 0.25) is 5.91 Å². The van der Waals surface area contributed by atoms with Gasteiger partial charge in [-0.25, -0.2) is 4.21 Å². The van der Waals surface area contributed by atoms with Crippen molar-refractivity contribution in [3.63, 3.8) is 0 Å². The van der Waals surface area contributed by atoms with Crippen molar-refractivity contribution in [2.24, 2.45) is 5.92 Å². The Morgan fingerprint density at radius 2 is 1.71 bits per heavy atom. The molecule has 0 spiro atoms. The SMILES string of the molecule is C=S(=O)(NC(C)=O)c1ccccc1.CC(=O)CCC(C)C. The molecule has 0 fully saturated rings. The van der Waals surface area contributed by atoms with Gasteiger partial charge in [0, 0.05) is 18.2 Å². The molecule has 1 aromatic rings. The second kappa shape index (κ2) is 9.34. The second-order valence-electron chi connectivity index (χ2n) is 5.28. The van der Waals surface area contributed by atoms with Gasteiger partial charge in [-0.1, -0.05) is 32.0 Å². The molecule has 1 rings (SSSR count). The number of Topliss-reactive ketones (excluding diaryl/α,β-unsaturated/α-hetero) is 1. The molecular weight excluding hydrogens is 286 g/mol. The van der Waals surface area contributed by atoms with E-state index in [4.69, 9.17) is 0 Å². The molecule has 0 aliphatic heterocycles. The number of carbonyl (C=O) groups is 2. The molecule has 0 aromatic heterocycles. The summed E-state index contributed by atoms with van der Waals surface area (Å²) in [5, 5.41) is 0. The van der Waals surface area contributed by atoms with Gasteiger partial charge in [0.25, 0.3) is 0 Å². The zero-order valence-electron chi connectivity index (χ0n) is 13.2. The van der Waals surface area contributed by atoms with Crippen LogP contribution in [0.15, 0.2) is 35.2 Å². The average molecular weight is 311 g/mol. The van der Waals surface area contributed by atoms with Crippen molar-refractivity contribution < 1.29 is 13.8 Å². The molecule has 0 aliphatic carbocycles. The minimum Gasteiger partial charge on any atom is -0.300 e. The van der Waals surface area contributed by atoms with Crippen molar-refractivity contribution in [2.75, 3.05) is 0 Å². The summed E-state index contributed by atoms with van der Waals surface area (Å²) in [5.41, 5.74) is 0. The molecule has 1 amide bonds. The van der Waals surface area contributed by atoms with Crippen LogP contribution >= 0.6 is 0 Å². The van der Waals surface area contributed by atoms with Crippen LogP contribution in [0.5, 0.6) is 0 Å². The summed E-state index contributed by atoms with van der Waals surface area (Å²) < 4.78 is 14.1. The van der Waals surface area contributed by atoms with E-state index in [1.165, 1.54) is 6.92 Å². The van der Waals surface area contributed by atoms with Gasteiger partial charge < -0.3 is 4.79 Å². The number of rotatable bonds is 5. The smallest absolute Gasteiger partial charge is 0.228 e. The zero-order valence-corrected chi connectivity index (χ0v) is 14.0. The summed E-state index contributed by atoms with van der Waals surface area (Å²) in [4.78, 5) is 21.6. The van der Waals surface area contributed by atoms with Crippen molar-refractivity contribution in [2.45, 2.75) is 45.4 Å². The summed E-state index contributed by atoms with van der Waals surface area (Å²) >= 11 is 0. The summed E-state index contributed by atoms with van der Waals surface area (Å²) in [6, 6.07) is 8.66. The highest BCUT2D eigenvalue weighted by atomic mass is 32.2. The first-order chi connectivity index (χ1) is 9.65. The first-order valence-electron chi connectivity index (χ1n) is 6.85. The van der Waals surface area contributed by atoms with Crippen molar-refractivity contribution in [3.05, 3.63) is 30.3 Å². The Balaban J connectivity index is 0.000000433. The maximum Gasteiger partial charge on any atom is 0.228 e. The van der Waals surface area contributed by atoms with Crippen LogP contribution in [0.4, 0.5) is 0 Å². The van der Waals surface area contributed by atoms with Crippen molar-refractivity contribution in [1.29, 1.82) is 0 Å². The molecule has 21 heavy (non-hydrogen) atoms. The van der Waals surface area contributed by atoms with Gasteiger partial charge in [-0.05, 0) is 37.3 Å². The molecule has 118 valence electrons. The van der Waals surface area contributed by atoms with E-state index in [1.54, 1.807) is 31.2 Å². The lowest BCUT2D eigenvalue weighted by atomic mass is 10.1. The van der Waals surface area contributed by atoms with E-state index < -0.39 is 9.71 Å². The lowest BCUT2D eigenvalue weighted by molar-refractivity contribution is -0.118. The van der Waals surface area contributed by atoms with E-state index >= 15 is 0 Å². The Labute approximate surface area is 128 Å². The number of nitrogens with one attached hydrogen (secondary N) is 1. The molecule has 1 aromatic carbocycles. The van der Waals surface area contributed by atoms with Gasteiger partial charge in [-0.2, -0.15) is 0 Å². The number of hydrogen-bond acceptors (Lipinski definition) is 3. The van der Waals surface area contributed by atoms with E-state index in [0.29, 0.717) is 16.6 Å². The normalized spacial score (nSPS) is 12.8. The van der Waals surface area contributed by atoms with E-state index in [-0.39, 0.29) is 5.91 Å². The van der Waals surface area contributed by atoms with Gasteiger partial charge >= 0.3 is 0 Å². The Morgan fingerprint density at radius 3 is 2.05 bits per heavy atom. The van der Waals surface area contributed by atoms with Crippen molar-refractivity contribution >= 4 is 27.3 Å². The van der Waals surface area contributed by atoms with Gasteiger partial charge in [0.1, 0.15) is 5.78 Å². The Hall–Kier alpha value is -1.62. The minimum atomic E-state index is -2.66. The molecule has 1 atom stereocenters. The third kappa shape index (κ3) is 9.85. The van der Waals surface area contributed by atoms with Crippen LogP contribution < -0.4 is 4.72 Å².